The van der Waals surface area contributed by atoms with Gasteiger partial charge in [0.15, 0.2) is 0 Å². The molecule has 112 valence electrons. The highest BCUT2D eigenvalue weighted by atomic mass is 32.2. The minimum Gasteiger partial charge on any atom is -0.469 e. The van der Waals surface area contributed by atoms with Gasteiger partial charge in [-0.2, -0.15) is 0 Å². The normalized spacial score (nSPS) is 19.4. The molecule has 1 aromatic heterocycles. The molecule has 2 rings (SSSR count). The molecule has 2 N–H and O–H groups in total. The molecular weight excluding hydrogens is 280 g/mol. The van der Waals surface area contributed by atoms with Crippen molar-refractivity contribution < 1.29 is 17.6 Å². The standard InChI is InChI=1S/C13H20N2O4S/c1-13(2,15-20(3,17)18)12(16)14-10-5-4-6-11-9(10)7-8-19-11/h7-8,10,15H,4-6H2,1-3H3,(H,14,16)/t10-/m1/s1. The van der Waals surface area contributed by atoms with Crippen molar-refractivity contribution in [2.45, 2.75) is 44.7 Å². The average Bonchev–Trinajstić information content (AvgIpc) is 2.74. The van der Waals surface area contributed by atoms with Crippen LogP contribution >= 0.6 is 0 Å². The van der Waals surface area contributed by atoms with E-state index in [1.54, 1.807) is 20.1 Å². The maximum atomic E-state index is 12.3. The number of sulfonamides is 1. The largest absolute Gasteiger partial charge is 0.469 e. The molecular formula is C13H20N2O4S. The fraction of sp³-hybridized carbons (Fsp3) is 0.615. The quantitative estimate of drug-likeness (QED) is 0.871. The Kier molecular flexibility index (Phi) is 3.93. The van der Waals surface area contributed by atoms with Crippen LogP contribution in [-0.4, -0.2) is 26.1 Å². The van der Waals surface area contributed by atoms with Crippen molar-refractivity contribution in [1.29, 1.82) is 0 Å². The van der Waals surface area contributed by atoms with E-state index in [-0.39, 0.29) is 11.9 Å². The molecule has 20 heavy (non-hydrogen) atoms. The van der Waals surface area contributed by atoms with Crippen LogP contribution in [0.1, 0.15) is 44.1 Å². The summed E-state index contributed by atoms with van der Waals surface area (Å²) in [7, 11) is -3.45. The van der Waals surface area contributed by atoms with Gasteiger partial charge in [0, 0.05) is 12.0 Å². The van der Waals surface area contributed by atoms with E-state index in [4.69, 9.17) is 4.42 Å². The molecule has 1 aromatic rings. The smallest absolute Gasteiger partial charge is 0.241 e. The molecule has 1 aliphatic rings. The number of fused-ring (bicyclic) bond motifs is 1. The lowest BCUT2D eigenvalue weighted by molar-refractivity contribution is -0.126. The van der Waals surface area contributed by atoms with Gasteiger partial charge in [0.2, 0.25) is 15.9 Å². The molecule has 0 aliphatic heterocycles. The number of hydrogen-bond acceptors (Lipinski definition) is 4. The van der Waals surface area contributed by atoms with Gasteiger partial charge >= 0.3 is 0 Å². The summed E-state index contributed by atoms with van der Waals surface area (Å²) in [4.78, 5) is 12.3. The molecule has 1 amide bonds. The summed E-state index contributed by atoms with van der Waals surface area (Å²) >= 11 is 0. The van der Waals surface area contributed by atoms with Crippen molar-refractivity contribution in [3.63, 3.8) is 0 Å². The van der Waals surface area contributed by atoms with Crippen LogP contribution in [0, 0.1) is 0 Å². The average molecular weight is 300 g/mol. The van der Waals surface area contributed by atoms with E-state index in [9.17, 15) is 13.2 Å². The Morgan fingerprint density at radius 3 is 2.80 bits per heavy atom. The minimum absolute atomic E-state index is 0.120. The van der Waals surface area contributed by atoms with E-state index >= 15 is 0 Å². The highest BCUT2D eigenvalue weighted by molar-refractivity contribution is 7.88. The third kappa shape index (κ3) is 3.40. The van der Waals surface area contributed by atoms with Gasteiger partial charge < -0.3 is 9.73 Å². The lowest BCUT2D eigenvalue weighted by atomic mass is 9.92. The van der Waals surface area contributed by atoms with Gasteiger partial charge in [0.1, 0.15) is 11.3 Å². The molecule has 1 aliphatic carbocycles. The summed E-state index contributed by atoms with van der Waals surface area (Å²) in [5.74, 6) is 0.553. The Morgan fingerprint density at radius 2 is 2.15 bits per heavy atom. The predicted octanol–water partition coefficient (Wildman–Crippen LogP) is 1.10. The zero-order chi connectivity index (χ0) is 15.0. The number of nitrogens with one attached hydrogen (secondary N) is 2. The molecule has 6 nitrogen and oxygen atoms in total. The van der Waals surface area contributed by atoms with Gasteiger partial charge in [-0.1, -0.05) is 0 Å². The lowest BCUT2D eigenvalue weighted by Gasteiger charge is -2.29. The van der Waals surface area contributed by atoms with Crippen LogP contribution in [0.15, 0.2) is 16.7 Å². The summed E-state index contributed by atoms with van der Waals surface area (Å²) in [5.41, 5.74) is -0.200. The second-order valence-electron chi connectivity index (χ2n) is 5.72. The number of carbonyl (C=O) groups is 1. The SMILES string of the molecule is CC(C)(NS(C)(=O)=O)C(=O)N[C@@H]1CCCc2occc21. The molecule has 1 heterocycles. The van der Waals surface area contributed by atoms with E-state index in [2.05, 4.69) is 10.0 Å². The van der Waals surface area contributed by atoms with Crippen molar-refractivity contribution in [3.05, 3.63) is 23.7 Å². The molecule has 7 heteroatoms. The molecule has 0 radical (unpaired) electrons. The summed E-state index contributed by atoms with van der Waals surface area (Å²) in [6.45, 7) is 3.09. The summed E-state index contributed by atoms with van der Waals surface area (Å²) in [5, 5.41) is 2.90. The second kappa shape index (κ2) is 5.21. The first-order chi connectivity index (χ1) is 9.19. The van der Waals surface area contributed by atoms with Crippen LogP contribution in [0.3, 0.4) is 0 Å². The summed E-state index contributed by atoms with van der Waals surface area (Å²) in [6, 6.07) is 1.74. The monoisotopic (exact) mass is 300 g/mol. The topological polar surface area (TPSA) is 88.4 Å². The van der Waals surface area contributed by atoms with E-state index in [1.165, 1.54) is 0 Å². The molecule has 0 spiro atoms. The first kappa shape index (κ1) is 15.1. The number of rotatable bonds is 4. The van der Waals surface area contributed by atoms with Gasteiger partial charge in [-0.25, -0.2) is 13.1 Å². The van der Waals surface area contributed by atoms with E-state index < -0.39 is 15.6 Å². The van der Waals surface area contributed by atoms with Crippen LogP contribution in [0.5, 0.6) is 0 Å². The van der Waals surface area contributed by atoms with Crippen LogP contribution in [0.4, 0.5) is 0 Å². The van der Waals surface area contributed by atoms with Crippen LogP contribution in [0.2, 0.25) is 0 Å². The molecule has 0 unspecified atom stereocenters. The molecule has 0 aromatic carbocycles. The predicted molar refractivity (Wildman–Crippen MR) is 74.6 cm³/mol. The Balaban J connectivity index is 2.10. The van der Waals surface area contributed by atoms with Crippen molar-refractivity contribution >= 4 is 15.9 Å². The van der Waals surface area contributed by atoms with Crippen molar-refractivity contribution in [1.82, 2.24) is 10.0 Å². The third-order valence-corrected chi connectivity index (χ3v) is 4.25. The highest BCUT2D eigenvalue weighted by Crippen LogP contribution is 2.30. The molecule has 1 atom stereocenters. The maximum absolute atomic E-state index is 12.3. The number of furan rings is 1. The molecule has 0 saturated heterocycles. The zero-order valence-corrected chi connectivity index (χ0v) is 12.7. The fourth-order valence-electron chi connectivity index (χ4n) is 2.48. The van der Waals surface area contributed by atoms with Crippen molar-refractivity contribution in [3.8, 4) is 0 Å². The second-order valence-corrected chi connectivity index (χ2v) is 7.47. The minimum atomic E-state index is -3.45. The van der Waals surface area contributed by atoms with Gasteiger partial charge in [0.05, 0.1) is 18.6 Å². The summed E-state index contributed by atoms with van der Waals surface area (Å²) in [6.07, 6.45) is 5.30. The first-order valence-electron chi connectivity index (χ1n) is 6.55. The van der Waals surface area contributed by atoms with E-state index in [0.717, 1.165) is 36.8 Å². The number of hydrogen-bond donors (Lipinski definition) is 2. The first-order valence-corrected chi connectivity index (χ1v) is 8.44. The van der Waals surface area contributed by atoms with E-state index in [1.807, 2.05) is 6.07 Å². The van der Waals surface area contributed by atoms with Crippen LogP contribution in [-0.2, 0) is 21.2 Å². The maximum Gasteiger partial charge on any atom is 0.241 e. The number of amides is 1. The Hall–Kier alpha value is -1.34. The zero-order valence-electron chi connectivity index (χ0n) is 11.9. The Morgan fingerprint density at radius 1 is 1.45 bits per heavy atom. The lowest BCUT2D eigenvalue weighted by Crippen LogP contribution is -2.55. The number of carbonyl (C=O) groups excluding carboxylic acids is 1. The van der Waals surface area contributed by atoms with Gasteiger partial charge in [-0.15, -0.1) is 0 Å². The third-order valence-electron chi connectivity index (χ3n) is 3.37. The Bertz CT molecular complexity index is 604. The number of aryl methyl sites for hydroxylation is 1. The van der Waals surface area contributed by atoms with Gasteiger partial charge in [0.25, 0.3) is 0 Å². The van der Waals surface area contributed by atoms with Gasteiger partial charge in [-0.3, -0.25) is 4.79 Å². The molecule has 0 saturated carbocycles. The van der Waals surface area contributed by atoms with Crippen molar-refractivity contribution in [2.75, 3.05) is 6.26 Å². The van der Waals surface area contributed by atoms with Crippen LogP contribution < -0.4 is 10.0 Å². The van der Waals surface area contributed by atoms with E-state index in [0.29, 0.717) is 0 Å². The van der Waals surface area contributed by atoms with Crippen molar-refractivity contribution in [2.24, 2.45) is 0 Å². The highest BCUT2D eigenvalue weighted by Gasteiger charge is 2.33. The van der Waals surface area contributed by atoms with Gasteiger partial charge in [-0.05, 0) is 32.8 Å². The van der Waals surface area contributed by atoms with Crippen LogP contribution in [0.25, 0.3) is 0 Å². The Labute approximate surface area is 119 Å². The fourth-order valence-corrected chi connectivity index (χ4v) is 3.50. The summed E-state index contributed by atoms with van der Waals surface area (Å²) < 4.78 is 30.3. The molecule has 0 bridgehead atoms. The molecule has 0 fully saturated rings.